The van der Waals surface area contributed by atoms with E-state index in [9.17, 15) is 9.59 Å². The molecule has 0 heterocycles. The van der Waals surface area contributed by atoms with E-state index < -0.39 is 11.9 Å². The Bertz CT molecular complexity index is 1120. The quantitative estimate of drug-likeness (QED) is 0.214. The van der Waals surface area contributed by atoms with Gasteiger partial charge in [0.1, 0.15) is 11.5 Å². The van der Waals surface area contributed by atoms with Gasteiger partial charge in [0.25, 0.3) is 5.91 Å². The first-order valence-electron chi connectivity index (χ1n) is 8.89. The molecule has 0 spiro atoms. The highest BCUT2D eigenvalue weighted by Crippen LogP contribution is 2.23. The highest BCUT2D eigenvalue weighted by Gasteiger charge is 2.13. The monoisotopic (exact) mass is 476 g/mol. The van der Waals surface area contributed by atoms with E-state index in [2.05, 4.69) is 10.5 Å². The molecule has 31 heavy (non-hydrogen) atoms. The molecule has 158 valence electrons. The van der Waals surface area contributed by atoms with Gasteiger partial charge in [0.2, 0.25) is 0 Å². The van der Waals surface area contributed by atoms with Crippen LogP contribution in [0.15, 0.2) is 71.8 Å². The Labute approximate surface area is 193 Å². The van der Waals surface area contributed by atoms with E-state index in [-0.39, 0.29) is 17.2 Å². The number of ether oxygens (including phenoxy) is 2. The summed E-state index contributed by atoms with van der Waals surface area (Å²) in [4.78, 5) is 24.0. The number of benzene rings is 3. The molecule has 0 aliphatic carbocycles. The first kappa shape index (κ1) is 22.6. The molecule has 0 aliphatic rings. The fraction of sp³-hybridized carbons (Fsp3) is 0.0455. The number of hydrazone groups is 1. The smallest absolute Gasteiger partial charge is 0.345 e. The zero-order valence-corrected chi connectivity index (χ0v) is 18.1. The molecule has 6 nitrogen and oxygen atoms in total. The molecular formula is C22H15Cl3N2O4. The predicted molar refractivity (Wildman–Crippen MR) is 121 cm³/mol. The minimum absolute atomic E-state index is 0.204. The van der Waals surface area contributed by atoms with Gasteiger partial charge in [-0.15, -0.1) is 0 Å². The molecule has 0 saturated heterocycles. The van der Waals surface area contributed by atoms with Gasteiger partial charge < -0.3 is 9.47 Å². The van der Waals surface area contributed by atoms with Crippen LogP contribution in [0.1, 0.15) is 15.9 Å². The number of halogens is 3. The SMILES string of the molecule is O=C(COc1ccccc1Cl)N/N=C\c1ccc(OC(=O)c2ccc(Cl)cc2Cl)cc1. The number of nitrogens with zero attached hydrogens (tertiary/aromatic N) is 1. The third kappa shape index (κ3) is 6.72. The largest absolute Gasteiger partial charge is 0.482 e. The van der Waals surface area contributed by atoms with Crippen LogP contribution >= 0.6 is 34.8 Å². The van der Waals surface area contributed by atoms with Crippen molar-refractivity contribution >= 4 is 52.9 Å². The molecule has 0 atom stereocenters. The number of carbonyl (C=O) groups is 2. The Balaban J connectivity index is 1.49. The van der Waals surface area contributed by atoms with Crippen molar-refractivity contribution < 1.29 is 19.1 Å². The second kappa shape index (κ2) is 10.8. The van der Waals surface area contributed by atoms with Gasteiger partial charge in [-0.25, -0.2) is 10.2 Å². The first-order valence-corrected chi connectivity index (χ1v) is 10.0. The van der Waals surface area contributed by atoms with E-state index in [1.165, 1.54) is 18.3 Å². The molecule has 0 aliphatic heterocycles. The van der Waals surface area contributed by atoms with Crippen LogP contribution in [0.5, 0.6) is 11.5 Å². The molecule has 0 aromatic heterocycles. The van der Waals surface area contributed by atoms with Gasteiger partial charge >= 0.3 is 5.97 Å². The van der Waals surface area contributed by atoms with Crippen LogP contribution in [0.3, 0.4) is 0 Å². The maximum Gasteiger partial charge on any atom is 0.345 e. The summed E-state index contributed by atoms with van der Waals surface area (Å²) in [5.74, 6) is -0.311. The molecule has 3 rings (SSSR count). The van der Waals surface area contributed by atoms with Crippen LogP contribution in [-0.4, -0.2) is 24.7 Å². The number of para-hydroxylation sites is 1. The van der Waals surface area contributed by atoms with Gasteiger partial charge in [-0.2, -0.15) is 5.10 Å². The molecule has 3 aromatic rings. The van der Waals surface area contributed by atoms with Gasteiger partial charge in [-0.3, -0.25) is 4.79 Å². The molecular weight excluding hydrogens is 463 g/mol. The number of hydrogen-bond donors (Lipinski definition) is 1. The average Bonchev–Trinajstić information content (AvgIpc) is 2.74. The van der Waals surface area contributed by atoms with Crippen molar-refractivity contribution in [3.05, 3.63) is 92.9 Å². The molecule has 0 saturated carbocycles. The maximum absolute atomic E-state index is 12.2. The lowest BCUT2D eigenvalue weighted by atomic mass is 10.2. The number of amides is 1. The zero-order chi connectivity index (χ0) is 22.2. The summed E-state index contributed by atoms with van der Waals surface area (Å²) in [5, 5.41) is 4.90. The normalized spacial score (nSPS) is 10.7. The summed E-state index contributed by atoms with van der Waals surface area (Å²) in [6.07, 6.45) is 1.44. The summed E-state index contributed by atoms with van der Waals surface area (Å²) < 4.78 is 10.6. The molecule has 9 heteroatoms. The van der Waals surface area contributed by atoms with Crippen molar-refractivity contribution in [2.45, 2.75) is 0 Å². The molecule has 0 radical (unpaired) electrons. The topological polar surface area (TPSA) is 77.0 Å². The summed E-state index contributed by atoms with van der Waals surface area (Å²) in [5.41, 5.74) is 3.24. The number of hydrogen-bond acceptors (Lipinski definition) is 5. The first-order chi connectivity index (χ1) is 14.9. The summed E-state index contributed by atoms with van der Waals surface area (Å²) in [6.45, 7) is -0.233. The Hall–Kier alpha value is -3.06. The molecule has 0 fully saturated rings. The molecule has 3 aromatic carbocycles. The molecule has 0 unspecified atom stereocenters. The third-order valence-corrected chi connectivity index (χ3v) is 4.70. The van der Waals surface area contributed by atoms with Crippen LogP contribution < -0.4 is 14.9 Å². The second-order valence-electron chi connectivity index (χ2n) is 6.09. The van der Waals surface area contributed by atoms with Crippen LogP contribution in [0, 0.1) is 0 Å². The lowest BCUT2D eigenvalue weighted by molar-refractivity contribution is -0.123. The van der Waals surface area contributed by atoms with Crippen molar-refractivity contribution in [1.29, 1.82) is 0 Å². The van der Waals surface area contributed by atoms with E-state index in [1.54, 1.807) is 54.6 Å². The van der Waals surface area contributed by atoms with Crippen LogP contribution in [-0.2, 0) is 4.79 Å². The minimum atomic E-state index is -0.603. The minimum Gasteiger partial charge on any atom is -0.482 e. The summed E-state index contributed by atoms with van der Waals surface area (Å²) >= 11 is 17.8. The van der Waals surface area contributed by atoms with Crippen molar-refractivity contribution in [2.75, 3.05) is 6.61 Å². The zero-order valence-electron chi connectivity index (χ0n) is 15.8. The van der Waals surface area contributed by atoms with Gasteiger partial charge in [0.15, 0.2) is 6.61 Å². The standard InChI is InChI=1S/C22H15Cl3N2O4/c23-15-7-10-17(19(25)11-15)22(29)31-16-8-5-14(6-9-16)12-26-27-21(28)13-30-20-4-2-1-3-18(20)24/h1-12H,13H2,(H,27,28)/b26-12-. The lowest BCUT2D eigenvalue weighted by Gasteiger charge is -2.07. The van der Waals surface area contributed by atoms with Crippen LogP contribution in [0.25, 0.3) is 0 Å². The summed E-state index contributed by atoms with van der Waals surface area (Å²) in [7, 11) is 0. The third-order valence-electron chi connectivity index (χ3n) is 3.84. The molecule has 1 N–H and O–H groups in total. The fourth-order valence-electron chi connectivity index (χ4n) is 2.36. The van der Waals surface area contributed by atoms with E-state index in [0.29, 0.717) is 27.1 Å². The van der Waals surface area contributed by atoms with E-state index in [1.807, 2.05) is 0 Å². The molecule has 1 amide bonds. The van der Waals surface area contributed by atoms with Gasteiger partial charge in [0.05, 0.1) is 21.8 Å². The van der Waals surface area contributed by atoms with Crippen molar-refractivity contribution in [3.8, 4) is 11.5 Å². The highest BCUT2D eigenvalue weighted by atomic mass is 35.5. The predicted octanol–water partition coefficient (Wildman–Crippen LogP) is 5.40. The number of rotatable bonds is 7. The van der Waals surface area contributed by atoms with E-state index >= 15 is 0 Å². The Morgan fingerprint density at radius 2 is 1.68 bits per heavy atom. The molecule has 0 bridgehead atoms. The second-order valence-corrected chi connectivity index (χ2v) is 7.35. The number of carbonyl (C=O) groups excluding carboxylic acids is 2. The number of esters is 1. The Morgan fingerprint density at radius 3 is 2.39 bits per heavy atom. The number of nitrogens with one attached hydrogen (secondary N) is 1. The van der Waals surface area contributed by atoms with Gasteiger partial charge in [-0.05, 0) is 60.2 Å². The van der Waals surface area contributed by atoms with E-state index in [0.717, 1.165) is 0 Å². The van der Waals surface area contributed by atoms with Crippen molar-refractivity contribution in [3.63, 3.8) is 0 Å². The fourth-order valence-corrected chi connectivity index (χ4v) is 3.03. The Kier molecular flexibility index (Phi) is 7.89. The Morgan fingerprint density at radius 1 is 0.935 bits per heavy atom. The van der Waals surface area contributed by atoms with Crippen LogP contribution in [0.2, 0.25) is 15.1 Å². The summed E-state index contributed by atoms with van der Waals surface area (Å²) in [6, 6.07) is 17.9. The van der Waals surface area contributed by atoms with Gasteiger partial charge in [-0.1, -0.05) is 46.9 Å². The average molecular weight is 478 g/mol. The van der Waals surface area contributed by atoms with Crippen LogP contribution in [0.4, 0.5) is 0 Å². The van der Waals surface area contributed by atoms with Crippen molar-refractivity contribution in [2.24, 2.45) is 5.10 Å². The maximum atomic E-state index is 12.2. The van der Waals surface area contributed by atoms with Gasteiger partial charge in [0, 0.05) is 5.02 Å². The highest BCUT2D eigenvalue weighted by molar-refractivity contribution is 6.36. The van der Waals surface area contributed by atoms with E-state index in [4.69, 9.17) is 44.3 Å². The lowest BCUT2D eigenvalue weighted by Crippen LogP contribution is -2.24. The van der Waals surface area contributed by atoms with Crippen molar-refractivity contribution in [1.82, 2.24) is 5.43 Å².